The van der Waals surface area contributed by atoms with Crippen LogP contribution in [0.5, 0.6) is 0 Å². The minimum atomic E-state index is 0.374. The Labute approximate surface area is 130 Å². The molecule has 0 spiro atoms. The lowest BCUT2D eigenvalue weighted by atomic mass is 10.2. The summed E-state index contributed by atoms with van der Waals surface area (Å²) in [5.41, 5.74) is 3.85. The Bertz CT molecular complexity index is 752. The van der Waals surface area contributed by atoms with Crippen LogP contribution in [0.2, 0.25) is 0 Å². The maximum atomic E-state index is 5.67. The molecule has 0 radical (unpaired) electrons. The third-order valence-electron chi connectivity index (χ3n) is 3.27. The predicted molar refractivity (Wildman–Crippen MR) is 87.5 cm³/mol. The minimum absolute atomic E-state index is 0.374. The van der Waals surface area contributed by atoms with E-state index in [1.165, 1.54) is 15.3 Å². The third kappa shape index (κ3) is 2.91. The van der Waals surface area contributed by atoms with Gasteiger partial charge in [0.25, 0.3) is 0 Å². The number of aromatic nitrogens is 2. The highest BCUT2D eigenvalue weighted by molar-refractivity contribution is 7.18. The van der Waals surface area contributed by atoms with E-state index >= 15 is 0 Å². The molecular formula is C14H16N4OS2. The third-order valence-corrected chi connectivity index (χ3v) is 5.22. The number of nitrogens with one attached hydrogen (secondary N) is 1. The van der Waals surface area contributed by atoms with E-state index in [2.05, 4.69) is 29.2 Å². The van der Waals surface area contributed by atoms with Crippen LogP contribution in [-0.4, -0.2) is 9.97 Å². The van der Waals surface area contributed by atoms with E-state index in [4.69, 9.17) is 10.6 Å². The number of thiophene rings is 2. The van der Waals surface area contributed by atoms with Crippen molar-refractivity contribution in [2.75, 3.05) is 5.43 Å². The van der Waals surface area contributed by atoms with Gasteiger partial charge in [-0.15, -0.1) is 22.7 Å². The number of nitrogens with zero attached hydrogens (tertiary/aromatic N) is 2. The van der Waals surface area contributed by atoms with Crippen molar-refractivity contribution >= 4 is 38.7 Å². The van der Waals surface area contributed by atoms with Gasteiger partial charge < -0.3 is 10.2 Å². The number of hydrazine groups is 1. The van der Waals surface area contributed by atoms with Crippen molar-refractivity contribution in [2.45, 2.75) is 27.1 Å². The molecule has 0 aliphatic carbocycles. The number of nitrogens with two attached hydrogens (primary N) is 1. The molecule has 0 saturated carbocycles. The highest BCUT2D eigenvalue weighted by Gasteiger charge is 2.14. The Morgan fingerprint density at radius 2 is 2.14 bits per heavy atom. The first-order valence-corrected chi connectivity index (χ1v) is 8.22. The Balaban J connectivity index is 1.82. The Hall–Kier alpha value is -1.54. The van der Waals surface area contributed by atoms with Crippen LogP contribution in [0.1, 0.15) is 21.1 Å². The van der Waals surface area contributed by atoms with Gasteiger partial charge in [0.2, 0.25) is 0 Å². The maximum absolute atomic E-state index is 5.67. The fraction of sp³-hybridized carbons (Fsp3) is 0.286. The van der Waals surface area contributed by atoms with Crippen LogP contribution in [-0.2, 0) is 18.0 Å². The first-order chi connectivity index (χ1) is 10.2. The van der Waals surface area contributed by atoms with Crippen molar-refractivity contribution in [3.8, 4) is 0 Å². The van der Waals surface area contributed by atoms with Crippen LogP contribution in [0.3, 0.4) is 0 Å². The highest BCUT2D eigenvalue weighted by atomic mass is 32.1. The van der Waals surface area contributed by atoms with Crippen molar-refractivity contribution in [3.63, 3.8) is 0 Å². The standard InChI is InChI=1S/C14H16N4OS2/c1-8-9(2)21-14-12(8)13(18-15)16-11(17-14)7-19-6-10-4-3-5-20-10/h3-5H,6-7,15H2,1-2H3,(H,16,17,18). The maximum Gasteiger partial charge on any atom is 0.158 e. The number of hydrogen-bond donors (Lipinski definition) is 2. The van der Waals surface area contributed by atoms with Gasteiger partial charge in [0, 0.05) is 9.75 Å². The van der Waals surface area contributed by atoms with Crippen molar-refractivity contribution in [3.05, 3.63) is 38.7 Å². The van der Waals surface area contributed by atoms with E-state index in [1.54, 1.807) is 22.7 Å². The molecule has 0 unspecified atom stereocenters. The average molecular weight is 320 g/mol. The molecule has 0 bridgehead atoms. The fourth-order valence-corrected chi connectivity index (χ4v) is 3.79. The fourth-order valence-electron chi connectivity index (χ4n) is 2.10. The van der Waals surface area contributed by atoms with Gasteiger partial charge in [-0.05, 0) is 30.9 Å². The van der Waals surface area contributed by atoms with Crippen molar-refractivity contribution in [2.24, 2.45) is 5.84 Å². The Morgan fingerprint density at radius 3 is 2.86 bits per heavy atom. The second kappa shape index (κ2) is 6.07. The summed E-state index contributed by atoms with van der Waals surface area (Å²) in [5, 5.41) is 3.04. The zero-order chi connectivity index (χ0) is 14.8. The van der Waals surface area contributed by atoms with Gasteiger partial charge in [0.15, 0.2) is 11.6 Å². The quantitative estimate of drug-likeness (QED) is 0.557. The molecule has 0 aliphatic heterocycles. The normalized spacial score (nSPS) is 11.2. The number of nitrogen functional groups attached to an aromatic ring is 1. The molecule has 3 rings (SSSR count). The lowest BCUT2D eigenvalue weighted by Crippen LogP contribution is -2.11. The zero-order valence-electron chi connectivity index (χ0n) is 11.8. The second-order valence-electron chi connectivity index (χ2n) is 4.67. The molecule has 0 aromatic carbocycles. The molecule has 0 aliphatic rings. The van der Waals surface area contributed by atoms with Crippen LogP contribution in [0, 0.1) is 13.8 Å². The number of ether oxygens (including phenoxy) is 1. The van der Waals surface area contributed by atoms with Crippen molar-refractivity contribution in [1.29, 1.82) is 0 Å². The SMILES string of the molecule is Cc1sc2nc(COCc3cccs3)nc(NN)c2c1C. The lowest BCUT2D eigenvalue weighted by Gasteiger charge is -2.06. The smallest absolute Gasteiger partial charge is 0.158 e. The monoisotopic (exact) mass is 320 g/mol. The number of hydrogen-bond acceptors (Lipinski definition) is 7. The second-order valence-corrected chi connectivity index (χ2v) is 6.90. The summed E-state index contributed by atoms with van der Waals surface area (Å²) < 4.78 is 5.67. The molecule has 3 aromatic rings. The van der Waals surface area contributed by atoms with Gasteiger partial charge in [-0.3, -0.25) is 0 Å². The summed E-state index contributed by atoms with van der Waals surface area (Å²) in [5.74, 6) is 6.90. The largest absolute Gasteiger partial charge is 0.368 e. The Kier molecular flexibility index (Phi) is 4.16. The van der Waals surface area contributed by atoms with Crippen LogP contribution >= 0.6 is 22.7 Å². The molecule has 3 N–H and O–H groups in total. The van der Waals surface area contributed by atoms with Crippen molar-refractivity contribution in [1.82, 2.24) is 9.97 Å². The van der Waals surface area contributed by atoms with Gasteiger partial charge in [-0.25, -0.2) is 15.8 Å². The van der Waals surface area contributed by atoms with Gasteiger partial charge in [-0.2, -0.15) is 0 Å². The number of rotatable bonds is 5. The summed E-state index contributed by atoms with van der Waals surface area (Å²) in [7, 11) is 0. The molecule has 21 heavy (non-hydrogen) atoms. The molecule has 0 fully saturated rings. The number of aryl methyl sites for hydroxylation is 2. The Morgan fingerprint density at radius 1 is 1.29 bits per heavy atom. The van der Waals surface area contributed by atoms with Gasteiger partial charge in [-0.1, -0.05) is 6.07 Å². The molecule has 110 valence electrons. The summed E-state index contributed by atoms with van der Waals surface area (Å²) in [6, 6.07) is 4.06. The minimum Gasteiger partial charge on any atom is -0.368 e. The van der Waals surface area contributed by atoms with Gasteiger partial charge in [0.05, 0.1) is 12.0 Å². The lowest BCUT2D eigenvalue weighted by molar-refractivity contribution is 0.104. The number of anilines is 1. The highest BCUT2D eigenvalue weighted by Crippen LogP contribution is 2.32. The molecule has 0 atom stereocenters. The molecule has 3 heterocycles. The topological polar surface area (TPSA) is 73.1 Å². The molecule has 5 nitrogen and oxygen atoms in total. The summed E-state index contributed by atoms with van der Waals surface area (Å²) in [6.07, 6.45) is 0. The molecular weight excluding hydrogens is 304 g/mol. The molecule has 3 aromatic heterocycles. The van der Waals surface area contributed by atoms with Crippen LogP contribution < -0.4 is 11.3 Å². The summed E-state index contributed by atoms with van der Waals surface area (Å²) in [4.78, 5) is 12.4. The summed E-state index contributed by atoms with van der Waals surface area (Å²) in [6.45, 7) is 5.09. The van der Waals surface area contributed by atoms with E-state index in [9.17, 15) is 0 Å². The van der Waals surface area contributed by atoms with E-state index in [0.717, 1.165) is 10.2 Å². The number of fused-ring (bicyclic) bond motifs is 1. The first-order valence-electron chi connectivity index (χ1n) is 6.52. The van der Waals surface area contributed by atoms with E-state index in [1.807, 2.05) is 17.5 Å². The van der Waals surface area contributed by atoms with E-state index < -0.39 is 0 Å². The first kappa shape index (κ1) is 14.4. The summed E-state index contributed by atoms with van der Waals surface area (Å²) >= 11 is 3.33. The van der Waals surface area contributed by atoms with E-state index in [0.29, 0.717) is 24.9 Å². The average Bonchev–Trinajstić information content (AvgIpc) is 3.08. The molecule has 7 heteroatoms. The van der Waals surface area contributed by atoms with E-state index in [-0.39, 0.29) is 0 Å². The molecule has 0 saturated heterocycles. The van der Waals surface area contributed by atoms with Crippen LogP contribution in [0.15, 0.2) is 17.5 Å². The van der Waals surface area contributed by atoms with Crippen LogP contribution in [0.4, 0.5) is 5.82 Å². The predicted octanol–water partition coefficient (Wildman–Crippen LogP) is 3.37. The van der Waals surface area contributed by atoms with Gasteiger partial charge in [0.1, 0.15) is 11.4 Å². The van der Waals surface area contributed by atoms with Crippen LogP contribution in [0.25, 0.3) is 10.2 Å². The molecule has 0 amide bonds. The van der Waals surface area contributed by atoms with Crippen molar-refractivity contribution < 1.29 is 4.74 Å². The zero-order valence-corrected chi connectivity index (χ0v) is 13.5. The van der Waals surface area contributed by atoms with Gasteiger partial charge >= 0.3 is 0 Å².